The van der Waals surface area contributed by atoms with Gasteiger partial charge in [-0.2, -0.15) is 11.8 Å². The van der Waals surface area contributed by atoms with Crippen molar-refractivity contribution in [2.24, 2.45) is 5.92 Å². The van der Waals surface area contributed by atoms with E-state index in [-0.39, 0.29) is 0 Å². The minimum absolute atomic E-state index is 0.662. The number of ether oxygens (including phenoxy) is 1. The average molecular weight is 243 g/mol. The number of hydrogen-bond donors (Lipinski definition) is 1. The van der Waals surface area contributed by atoms with Crippen LogP contribution in [0.5, 0.6) is 0 Å². The van der Waals surface area contributed by atoms with Gasteiger partial charge in [-0.15, -0.1) is 0 Å². The van der Waals surface area contributed by atoms with E-state index in [2.05, 4.69) is 30.9 Å². The third kappa shape index (κ3) is 3.38. The highest BCUT2D eigenvalue weighted by Crippen LogP contribution is 2.27. The van der Waals surface area contributed by atoms with Crippen LogP contribution in [0.15, 0.2) is 0 Å². The summed E-state index contributed by atoms with van der Waals surface area (Å²) < 4.78 is 5.43. The van der Waals surface area contributed by atoms with Crippen LogP contribution in [-0.2, 0) is 4.74 Å². The topological polar surface area (TPSA) is 21.3 Å². The van der Waals surface area contributed by atoms with Gasteiger partial charge in [-0.1, -0.05) is 6.92 Å². The van der Waals surface area contributed by atoms with E-state index in [1.54, 1.807) is 0 Å². The number of hydrogen-bond acceptors (Lipinski definition) is 3. The Bertz CT molecular complexity index is 206. The Hall–Kier alpha value is 0.270. The Morgan fingerprint density at radius 2 is 2.00 bits per heavy atom. The summed E-state index contributed by atoms with van der Waals surface area (Å²) in [5.74, 6) is 2.18. The van der Waals surface area contributed by atoms with E-state index in [9.17, 15) is 0 Å². The lowest BCUT2D eigenvalue weighted by Gasteiger charge is -2.36. The summed E-state index contributed by atoms with van der Waals surface area (Å²) in [4.78, 5) is 0. The molecule has 0 aromatic rings. The standard InChI is InChI=1S/C13H25NOS/c1-10(12-5-7-15-8-6-12)14-13-4-3-9-16-11(13)2/h10-14H,3-9H2,1-2H3. The Balaban J connectivity index is 1.78. The smallest absolute Gasteiger partial charge is 0.0469 e. The van der Waals surface area contributed by atoms with Crippen molar-refractivity contribution in [3.05, 3.63) is 0 Å². The molecule has 2 aliphatic rings. The maximum Gasteiger partial charge on any atom is 0.0469 e. The van der Waals surface area contributed by atoms with E-state index in [0.29, 0.717) is 6.04 Å². The van der Waals surface area contributed by atoms with E-state index >= 15 is 0 Å². The van der Waals surface area contributed by atoms with Crippen molar-refractivity contribution in [3.63, 3.8) is 0 Å². The first-order chi connectivity index (χ1) is 7.77. The summed E-state index contributed by atoms with van der Waals surface area (Å²) in [6, 6.07) is 1.40. The lowest BCUT2D eigenvalue weighted by Crippen LogP contribution is -2.47. The van der Waals surface area contributed by atoms with E-state index in [0.717, 1.165) is 30.4 Å². The zero-order valence-corrected chi connectivity index (χ0v) is 11.4. The minimum atomic E-state index is 0.662. The van der Waals surface area contributed by atoms with E-state index in [4.69, 9.17) is 4.74 Å². The van der Waals surface area contributed by atoms with Gasteiger partial charge in [0.25, 0.3) is 0 Å². The molecule has 0 radical (unpaired) electrons. The van der Waals surface area contributed by atoms with Crippen molar-refractivity contribution >= 4 is 11.8 Å². The molecule has 16 heavy (non-hydrogen) atoms. The fraction of sp³-hybridized carbons (Fsp3) is 1.00. The maximum atomic E-state index is 5.43. The highest BCUT2D eigenvalue weighted by molar-refractivity contribution is 7.99. The summed E-state index contributed by atoms with van der Waals surface area (Å²) in [5.41, 5.74) is 0. The van der Waals surface area contributed by atoms with Crippen LogP contribution >= 0.6 is 11.8 Å². The predicted molar refractivity (Wildman–Crippen MR) is 71.1 cm³/mol. The van der Waals surface area contributed by atoms with E-state index in [1.807, 2.05) is 0 Å². The monoisotopic (exact) mass is 243 g/mol. The van der Waals surface area contributed by atoms with Gasteiger partial charge in [0.2, 0.25) is 0 Å². The first-order valence-corrected chi connectivity index (χ1v) is 7.77. The van der Waals surface area contributed by atoms with Crippen LogP contribution in [0.3, 0.4) is 0 Å². The van der Waals surface area contributed by atoms with Gasteiger partial charge in [0, 0.05) is 30.5 Å². The third-order valence-corrected chi connectivity index (χ3v) is 5.44. The van der Waals surface area contributed by atoms with Crippen LogP contribution in [0, 0.1) is 5.92 Å². The molecule has 2 saturated heterocycles. The summed E-state index contributed by atoms with van der Waals surface area (Å²) in [6.07, 6.45) is 5.22. The lowest BCUT2D eigenvalue weighted by molar-refractivity contribution is 0.0542. The molecule has 2 nitrogen and oxygen atoms in total. The van der Waals surface area contributed by atoms with Crippen LogP contribution < -0.4 is 5.32 Å². The zero-order chi connectivity index (χ0) is 11.4. The number of nitrogens with one attached hydrogen (secondary N) is 1. The van der Waals surface area contributed by atoms with Crippen LogP contribution in [0.4, 0.5) is 0 Å². The van der Waals surface area contributed by atoms with Crippen LogP contribution in [0.2, 0.25) is 0 Å². The fourth-order valence-electron chi connectivity index (χ4n) is 2.83. The van der Waals surface area contributed by atoms with Gasteiger partial charge >= 0.3 is 0 Å². The van der Waals surface area contributed by atoms with Crippen LogP contribution in [0.1, 0.15) is 39.5 Å². The predicted octanol–water partition coefficient (Wildman–Crippen LogP) is 2.68. The highest BCUT2D eigenvalue weighted by atomic mass is 32.2. The molecule has 1 N–H and O–H groups in total. The molecule has 0 aliphatic carbocycles. The first-order valence-electron chi connectivity index (χ1n) is 6.73. The second-order valence-corrected chi connectivity index (χ2v) is 6.71. The number of rotatable bonds is 3. The van der Waals surface area contributed by atoms with Crippen molar-refractivity contribution in [3.8, 4) is 0 Å². The molecule has 2 aliphatic heterocycles. The van der Waals surface area contributed by atoms with Gasteiger partial charge in [-0.25, -0.2) is 0 Å². The molecule has 0 spiro atoms. The summed E-state index contributed by atoms with van der Waals surface area (Å²) in [5, 5.41) is 4.65. The molecule has 2 rings (SSSR count). The minimum Gasteiger partial charge on any atom is -0.381 e. The van der Waals surface area contributed by atoms with E-state index in [1.165, 1.54) is 31.4 Å². The average Bonchev–Trinajstić information content (AvgIpc) is 2.33. The maximum absolute atomic E-state index is 5.43. The fourth-order valence-corrected chi connectivity index (χ4v) is 3.98. The summed E-state index contributed by atoms with van der Waals surface area (Å²) in [7, 11) is 0. The third-order valence-electron chi connectivity index (χ3n) is 4.06. The quantitative estimate of drug-likeness (QED) is 0.823. The molecule has 0 amide bonds. The van der Waals surface area contributed by atoms with Gasteiger partial charge < -0.3 is 10.1 Å². The van der Waals surface area contributed by atoms with Gasteiger partial charge in [-0.3, -0.25) is 0 Å². The molecule has 3 unspecified atom stereocenters. The molecule has 3 heteroatoms. The second kappa shape index (κ2) is 6.27. The SMILES string of the molecule is CC(NC1CCCSC1C)C1CCOCC1. The summed E-state index contributed by atoms with van der Waals surface area (Å²) in [6.45, 7) is 6.66. The molecule has 0 aromatic carbocycles. The molecule has 0 aromatic heterocycles. The Morgan fingerprint density at radius 1 is 1.25 bits per heavy atom. The zero-order valence-electron chi connectivity index (χ0n) is 10.6. The van der Waals surface area contributed by atoms with Crippen LogP contribution in [0.25, 0.3) is 0 Å². The lowest BCUT2D eigenvalue weighted by atomic mass is 9.91. The van der Waals surface area contributed by atoms with Crippen molar-refractivity contribution in [1.82, 2.24) is 5.32 Å². The normalized spacial score (nSPS) is 34.9. The van der Waals surface area contributed by atoms with Gasteiger partial charge in [0.15, 0.2) is 0 Å². The second-order valence-electron chi connectivity index (χ2n) is 5.23. The first kappa shape index (κ1) is 12.7. The van der Waals surface area contributed by atoms with Gasteiger partial charge in [0.05, 0.1) is 0 Å². The Labute approximate surface area is 104 Å². The van der Waals surface area contributed by atoms with Crippen molar-refractivity contribution < 1.29 is 4.74 Å². The Kier molecular flexibility index (Phi) is 4.98. The van der Waals surface area contributed by atoms with Crippen molar-refractivity contribution in [2.45, 2.75) is 56.9 Å². The van der Waals surface area contributed by atoms with Gasteiger partial charge in [0.1, 0.15) is 0 Å². The van der Waals surface area contributed by atoms with Crippen molar-refractivity contribution in [1.29, 1.82) is 0 Å². The molecular weight excluding hydrogens is 218 g/mol. The molecule has 2 heterocycles. The van der Waals surface area contributed by atoms with E-state index < -0.39 is 0 Å². The molecular formula is C13H25NOS. The molecule has 2 fully saturated rings. The molecule has 0 saturated carbocycles. The largest absolute Gasteiger partial charge is 0.381 e. The Morgan fingerprint density at radius 3 is 2.69 bits per heavy atom. The molecule has 0 bridgehead atoms. The van der Waals surface area contributed by atoms with Crippen LogP contribution in [-0.4, -0.2) is 36.3 Å². The summed E-state index contributed by atoms with van der Waals surface area (Å²) >= 11 is 2.13. The highest BCUT2D eigenvalue weighted by Gasteiger charge is 2.26. The van der Waals surface area contributed by atoms with Crippen molar-refractivity contribution in [2.75, 3.05) is 19.0 Å². The number of thioether (sulfide) groups is 1. The molecule has 3 atom stereocenters. The van der Waals surface area contributed by atoms with Gasteiger partial charge in [-0.05, 0) is 44.3 Å². The molecule has 94 valence electrons.